The van der Waals surface area contributed by atoms with E-state index in [4.69, 9.17) is 0 Å². The second-order valence-corrected chi connectivity index (χ2v) is 5.61. The van der Waals surface area contributed by atoms with E-state index in [1.807, 2.05) is 42.3 Å². The Morgan fingerprint density at radius 3 is 2.54 bits per heavy atom. The molecule has 0 saturated heterocycles. The van der Waals surface area contributed by atoms with E-state index in [1.165, 1.54) is 11.9 Å². The zero-order valence-electron chi connectivity index (χ0n) is 14.8. The first-order valence-corrected chi connectivity index (χ1v) is 8.07. The first-order chi connectivity index (χ1) is 12.2. The van der Waals surface area contributed by atoms with Gasteiger partial charge in [-0.25, -0.2) is 4.98 Å². The van der Waals surface area contributed by atoms with Crippen LogP contribution in [0.3, 0.4) is 0 Å². The number of aliphatic imine (C=N–C) groups is 1. The van der Waals surface area contributed by atoms with Crippen LogP contribution in [0.4, 0.5) is 0 Å². The van der Waals surface area contributed by atoms with Crippen LogP contribution in [0.1, 0.15) is 17.0 Å². The molecule has 9 heteroatoms. The fourth-order valence-corrected chi connectivity index (χ4v) is 2.40. The standard InChI is InChI=1S/C17H22N8.HI/c1-18-17(20-10-16-21-13-23-24(16)2)19-8-15-9-22-25(12-15)11-14-6-4-3-5-7-14;/h3-7,9,12-13H,8,10-11H2,1-2H3,(H2,18,19,20);1H. The highest BCUT2D eigenvalue weighted by molar-refractivity contribution is 14.0. The van der Waals surface area contributed by atoms with E-state index >= 15 is 0 Å². The van der Waals surface area contributed by atoms with E-state index in [2.05, 4.69) is 42.9 Å². The Morgan fingerprint density at radius 2 is 1.85 bits per heavy atom. The summed E-state index contributed by atoms with van der Waals surface area (Å²) in [7, 11) is 3.60. The first kappa shape index (κ1) is 19.9. The van der Waals surface area contributed by atoms with Gasteiger partial charge in [0.2, 0.25) is 0 Å². The summed E-state index contributed by atoms with van der Waals surface area (Å²) in [6.45, 7) is 1.97. The average molecular weight is 466 g/mol. The fraction of sp³-hybridized carbons (Fsp3) is 0.294. The van der Waals surface area contributed by atoms with Crippen molar-refractivity contribution in [2.45, 2.75) is 19.6 Å². The molecule has 3 rings (SSSR count). The van der Waals surface area contributed by atoms with E-state index in [-0.39, 0.29) is 24.0 Å². The Kier molecular flexibility index (Phi) is 7.57. The SMILES string of the molecule is CN=C(NCc1cnn(Cc2ccccc2)c1)NCc1ncnn1C.I. The van der Waals surface area contributed by atoms with Crippen LogP contribution in [-0.2, 0) is 26.7 Å². The molecular weight excluding hydrogens is 443 g/mol. The summed E-state index contributed by atoms with van der Waals surface area (Å²) in [4.78, 5) is 8.39. The molecule has 0 aliphatic rings. The van der Waals surface area contributed by atoms with Crippen LogP contribution in [0.25, 0.3) is 0 Å². The molecule has 0 radical (unpaired) electrons. The Morgan fingerprint density at radius 1 is 1.08 bits per heavy atom. The summed E-state index contributed by atoms with van der Waals surface area (Å²) in [5.41, 5.74) is 2.32. The number of benzene rings is 1. The Bertz CT molecular complexity index is 824. The lowest BCUT2D eigenvalue weighted by atomic mass is 10.2. The summed E-state index contributed by atoms with van der Waals surface area (Å²) in [6, 6.07) is 10.3. The summed E-state index contributed by atoms with van der Waals surface area (Å²) in [6.07, 6.45) is 5.44. The highest BCUT2D eigenvalue weighted by Gasteiger charge is 2.04. The minimum absolute atomic E-state index is 0. The Labute approximate surface area is 169 Å². The molecular formula is C17H23IN8. The predicted octanol–water partition coefficient (Wildman–Crippen LogP) is 1.54. The topological polar surface area (TPSA) is 84.9 Å². The van der Waals surface area contributed by atoms with Gasteiger partial charge in [-0.1, -0.05) is 30.3 Å². The summed E-state index contributed by atoms with van der Waals surface area (Å²) in [5.74, 6) is 1.55. The highest BCUT2D eigenvalue weighted by atomic mass is 127. The lowest BCUT2D eigenvalue weighted by Gasteiger charge is -2.10. The molecule has 1 aromatic carbocycles. The van der Waals surface area contributed by atoms with Crippen molar-refractivity contribution in [3.05, 3.63) is 66.0 Å². The quantitative estimate of drug-likeness (QED) is 0.327. The number of nitrogens with one attached hydrogen (secondary N) is 2. The maximum Gasteiger partial charge on any atom is 0.191 e. The largest absolute Gasteiger partial charge is 0.352 e. The van der Waals surface area contributed by atoms with Crippen molar-refractivity contribution < 1.29 is 0 Å². The van der Waals surface area contributed by atoms with E-state index < -0.39 is 0 Å². The number of nitrogens with zero attached hydrogens (tertiary/aromatic N) is 6. The molecule has 138 valence electrons. The number of guanidine groups is 1. The van der Waals surface area contributed by atoms with Crippen molar-refractivity contribution in [1.82, 2.24) is 35.2 Å². The smallest absolute Gasteiger partial charge is 0.191 e. The fourth-order valence-electron chi connectivity index (χ4n) is 2.40. The van der Waals surface area contributed by atoms with Crippen LogP contribution >= 0.6 is 24.0 Å². The van der Waals surface area contributed by atoms with Gasteiger partial charge in [-0.3, -0.25) is 14.4 Å². The summed E-state index contributed by atoms with van der Waals surface area (Å²) in [5, 5.41) is 14.9. The van der Waals surface area contributed by atoms with Crippen LogP contribution in [0, 0.1) is 0 Å². The maximum atomic E-state index is 4.41. The van der Waals surface area contributed by atoms with Crippen molar-refractivity contribution in [1.29, 1.82) is 0 Å². The van der Waals surface area contributed by atoms with Crippen LogP contribution in [0.5, 0.6) is 0 Å². The zero-order chi connectivity index (χ0) is 17.5. The normalized spacial score (nSPS) is 11.1. The Hall–Kier alpha value is -2.43. The zero-order valence-corrected chi connectivity index (χ0v) is 17.2. The minimum Gasteiger partial charge on any atom is -0.352 e. The molecule has 0 bridgehead atoms. The third kappa shape index (κ3) is 5.55. The highest BCUT2D eigenvalue weighted by Crippen LogP contribution is 2.03. The van der Waals surface area contributed by atoms with Gasteiger partial charge in [0.05, 0.1) is 19.3 Å². The van der Waals surface area contributed by atoms with Crippen LogP contribution in [-0.4, -0.2) is 37.6 Å². The molecule has 8 nitrogen and oxygen atoms in total. The van der Waals surface area contributed by atoms with Gasteiger partial charge in [0.1, 0.15) is 12.2 Å². The van der Waals surface area contributed by atoms with Crippen molar-refractivity contribution in [3.8, 4) is 0 Å². The van der Waals surface area contributed by atoms with E-state index in [9.17, 15) is 0 Å². The van der Waals surface area contributed by atoms with Gasteiger partial charge >= 0.3 is 0 Å². The molecule has 3 aromatic rings. The number of rotatable bonds is 6. The maximum absolute atomic E-state index is 4.41. The summed E-state index contributed by atoms with van der Waals surface area (Å²) >= 11 is 0. The molecule has 26 heavy (non-hydrogen) atoms. The van der Waals surface area contributed by atoms with Crippen LogP contribution in [0.15, 0.2) is 54.0 Å². The molecule has 0 saturated carbocycles. The molecule has 0 spiro atoms. The van der Waals surface area contributed by atoms with Crippen molar-refractivity contribution in [2.75, 3.05) is 7.05 Å². The minimum atomic E-state index is 0. The lowest BCUT2D eigenvalue weighted by Crippen LogP contribution is -2.36. The molecule has 2 heterocycles. The third-order valence-corrected chi connectivity index (χ3v) is 3.78. The predicted molar refractivity (Wildman–Crippen MR) is 111 cm³/mol. The lowest BCUT2D eigenvalue weighted by molar-refractivity contribution is 0.672. The molecule has 0 fully saturated rings. The molecule has 0 atom stereocenters. The second kappa shape index (κ2) is 9.90. The molecule has 0 aliphatic heterocycles. The van der Waals surface area contributed by atoms with E-state index in [1.54, 1.807) is 11.7 Å². The third-order valence-electron chi connectivity index (χ3n) is 3.78. The van der Waals surface area contributed by atoms with E-state index in [0.717, 1.165) is 17.9 Å². The molecule has 2 aromatic heterocycles. The van der Waals surface area contributed by atoms with Crippen molar-refractivity contribution in [3.63, 3.8) is 0 Å². The van der Waals surface area contributed by atoms with Gasteiger partial charge in [0.25, 0.3) is 0 Å². The number of halogens is 1. The summed E-state index contributed by atoms with van der Waals surface area (Å²) < 4.78 is 3.66. The van der Waals surface area contributed by atoms with Gasteiger partial charge in [-0.05, 0) is 5.56 Å². The van der Waals surface area contributed by atoms with Gasteiger partial charge < -0.3 is 10.6 Å². The van der Waals surface area contributed by atoms with Gasteiger partial charge in [0, 0.05) is 32.4 Å². The number of hydrogen-bond acceptors (Lipinski definition) is 4. The second-order valence-electron chi connectivity index (χ2n) is 5.61. The van der Waals surface area contributed by atoms with Crippen LogP contribution < -0.4 is 10.6 Å². The van der Waals surface area contributed by atoms with Gasteiger partial charge in [-0.15, -0.1) is 24.0 Å². The van der Waals surface area contributed by atoms with Gasteiger partial charge in [0.15, 0.2) is 5.96 Å². The molecule has 0 amide bonds. The average Bonchev–Trinajstić information content (AvgIpc) is 3.25. The number of aryl methyl sites for hydroxylation is 1. The number of hydrogen-bond donors (Lipinski definition) is 2. The van der Waals surface area contributed by atoms with Crippen LogP contribution in [0.2, 0.25) is 0 Å². The van der Waals surface area contributed by atoms with Gasteiger partial charge in [-0.2, -0.15) is 10.2 Å². The van der Waals surface area contributed by atoms with Crippen molar-refractivity contribution >= 4 is 29.9 Å². The molecule has 0 unspecified atom stereocenters. The van der Waals surface area contributed by atoms with Crippen molar-refractivity contribution in [2.24, 2.45) is 12.0 Å². The monoisotopic (exact) mass is 466 g/mol. The molecule has 2 N–H and O–H groups in total. The Balaban J connectivity index is 0.00000243. The van der Waals surface area contributed by atoms with E-state index in [0.29, 0.717) is 19.0 Å². The first-order valence-electron chi connectivity index (χ1n) is 8.07. The number of aromatic nitrogens is 5. The molecule has 0 aliphatic carbocycles.